The molecule has 1 aliphatic carbocycles. The van der Waals surface area contributed by atoms with Gasteiger partial charge in [-0.2, -0.15) is 5.26 Å². The molecule has 6 aromatic rings. The number of rotatable bonds is 19. The Hall–Kier alpha value is -6.65. The summed E-state index contributed by atoms with van der Waals surface area (Å²) in [6.45, 7) is 12.7. The number of H-pyrrole nitrogens is 1. The van der Waals surface area contributed by atoms with Gasteiger partial charge in [0.1, 0.15) is 47.3 Å². The van der Waals surface area contributed by atoms with Gasteiger partial charge in [0.15, 0.2) is 0 Å². The second-order valence-corrected chi connectivity index (χ2v) is 21.0. The van der Waals surface area contributed by atoms with E-state index in [2.05, 4.69) is 63.7 Å². The lowest BCUT2D eigenvalue weighted by Gasteiger charge is -2.63. The lowest BCUT2D eigenvalue weighted by molar-refractivity contribution is -0.164. The number of carbonyl (C=O) groups is 1. The van der Waals surface area contributed by atoms with Crippen LogP contribution in [0.25, 0.3) is 22.0 Å². The number of nitrogens with zero attached hydrogens (tertiary/aromatic N) is 5. The zero-order chi connectivity index (χ0) is 49.8. The Morgan fingerprint density at radius 1 is 0.929 bits per heavy atom. The standard InChI is InChI=1S/C51H57ClN8O9S/c1-7-70(63,64)58-34-12-14-43(40(25-34)41-31-59(6)46(62)44-39(41)15-18-54-44)68-37-10-8-9-36(26-37)67-24-22-65-21-23-66-35-16-19-60(20-17-35)49-55-29-33(30-56-49)45(61)57-47-50(2,3)48(51(47,4)5)69-38-13-11-32(28-53)42(52)27-38/h8-15,18,25-27,29-31,35,47-48,54,58H,7,16-17,19-24H2,1-6H3,(H,57,61). The van der Waals surface area contributed by atoms with Gasteiger partial charge in [-0.15, -0.1) is 0 Å². The van der Waals surface area contributed by atoms with Crippen molar-refractivity contribution in [1.29, 1.82) is 5.26 Å². The molecule has 19 heteroatoms. The maximum Gasteiger partial charge on any atom is 0.274 e. The number of pyridine rings is 1. The molecule has 0 radical (unpaired) electrons. The lowest BCUT2D eigenvalue weighted by Crippen LogP contribution is -2.74. The number of aryl methyl sites for hydroxylation is 1. The average molecular weight is 994 g/mol. The largest absolute Gasteiger partial charge is 0.491 e. The van der Waals surface area contributed by atoms with E-state index in [4.69, 9.17) is 35.3 Å². The van der Waals surface area contributed by atoms with Crippen LogP contribution in [0.1, 0.15) is 63.4 Å². The number of aromatic amines is 1. The van der Waals surface area contributed by atoms with E-state index in [9.17, 15) is 23.3 Å². The molecule has 2 aliphatic rings. The van der Waals surface area contributed by atoms with Crippen molar-refractivity contribution in [3.05, 3.63) is 118 Å². The summed E-state index contributed by atoms with van der Waals surface area (Å²) in [7, 11) is -1.89. The van der Waals surface area contributed by atoms with Gasteiger partial charge in [-0.05, 0) is 68.3 Å². The first-order chi connectivity index (χ1) is 33.5. The molecule has 0 atom stereocenters. The van der Waals surface area contributed by atoms with Gasteiger partial charge in [0.2, 0.25) is 16.0 Å². The number of hydrogen-bond acceptors (Lipinski definition) is 13. The van der Waals surface area contributed by atoms with Crippen molar-refractivity contribution in [3.8, 4) is 40.2 Å². The quantitative estimate of drug-likeness (QED) is 0.0656. The highest BCUT2D eigenvalue weighted by Gasteiger charge is 2.64. The van der Waals surface area contributed by atoms with E-state index in [1.54, 1.807) is 93.4 Å². The Balaban J connectivity index is 0.759. The molecule has 3 aromatic carbocycles. The van der Waals surface area contributed by atoms with Crippen molar-refractivity contribution < 1.29 is 36.9 Å². The summed E-state index contributed by atoms with van der Waals surface area (Å²) in [5, 5.41) is 13.4. The molecule has 8 rings (SSSR count). The number of amides is 1. The Labute approximate surface area is 412 Å². The molecule has 2 fully saturated rings. The lowest BCUT2D eigenvalue weighted by atomic mass is 9.49. The van der Waals surface area contributed by atoms with Crippen LogP contribution < -0.4 is 34.7 Å². The van der Waals surface area contributed by atoms with Crippen LogP contribution in [0.4, 0.5) is 11.6 Å². The van der Waals surface area contributed by atoms with Gasteiger partial charge in [-0.25, -0.2) is 18.4 Å². The fraction of sp³-hybridized carbons (Fsp3) is 0.392. The maximum absolute atomic E-state index is 13.4. The molecule has 0 bridgehead atoms. The number of fused-ring (bicyclic) bond motifs is 1. The van der Waals surface area contributed by atoms with E-state index in [0.717, 1.165) is 12.8 Å². The number of halogens is 1. The number of hydrogen-bond donors (Lipinski definition) is 3. The van der Waals surface area contributed by atoms with Crippen LogP contribution in [0.5, 0.6) is 23.0 Å². The Bertz CT molecular complexity index is 3060. The predicted molar refractivity (Wildman–Crippen MR) is 268 cm³/mol. The van der Waals surface area contributed by atoms with E-state index < -0.39 is 20.9 Å². The summed E-state index contributed by atoms with van der Waals surface area (Å²) in [5.74, 6) is 2.31. The predicted octanol–water partition coefficient (Wildman–Crippen LogP) is 8.10. The van der Waals surface area contributed by atoms with Crippen molar-refractivity contribution in [2.45, 2.75) is 65.7 Å². The molecule has 3 N–H and O–H groups in total. The van der Waals surface area contributed by atoms with Gasteiger partial charge in [0.05, 0.1) is 47.8 Å². The minimum absolute atomic E-state index is 0.0695. The molecule has 1 saturated heterocycles. The summed E-state index contributed by atoms with van der Waals surface area (Å²) in [5.41, 5.74) is 1.81. The first-order valence-corrected chi connectivity index (χ1v) is 25.2. The van der Waals surface area contributed by atoms with Crippen LogP contribution in [0.15, 0.2) is 96.3 Å². The summed E-state index contributed by atoms with van der Waals surface area (Å²) in [4.78, 5) is 40.4. The first kappa shape index (κ1) is 49.8. The van der Waals surface area contributed by atoms with Crippen LogP contribution in [-0.2, 0) is 26.5 Å². The molecule has 1 amide bonds. The van der Waals surface area contributed by atoms with Crippen molar-refractivity contribution >= 4 is 50.1 Å². The van der Waals surface area contributed by atoms with Crippen molar-refractivity contribution in [1.82, 2.24) is 24.8 Å². The number of benzene rings is 3. The zero-order valence-corrected chi connectivity index (χ0v) is 41.5. The Kier molecular flexibility index (Phi) is 14.7. The van der Waals surface area contributed by atoms with Gasteiger partial charge in [-0.1, -0.05) is 45.4 Å². The molecule has 1 aliphatic heterocycles. The van der Waals surface area contributed by atoms with E-state index >= 15 is 0 Å². The highest BCUT2D eigenvalue weighted by molar-refractivity contribution is 7.92. The number of sulfonamides is 1. The van der Waals surface area contributed by atoms with Gasteiger partial charge in [0, 0.05) is 96.1 Å². The third-order valence-corrected chi connectivity index (χ3v) is 14.6. The third kappa shape index (κ3) is 10.9. The van der Waals surface area contributed by atoms with Crippen molar-refractivity contribution in [2.24, 2.45) is 17.9 Å². The molecule has 0 spiro atoms. The van der Waals surface area contributed by atoms with Crippen molar-refractivity contribution in [2.75, 3.05) is 54.9 Å². The van der Waals surface area contributed by atoms with Gasteiger partial charge in [-0.3, -0.25) is 14.3 Å². The first-order valence-electron chi connectivity index (χ1n) is 23.1. The monoisotopic (exact) mass is 992 g/mol. The fourth-order valence-corrected chi connectivity index (χ4v) is 10.5. The molecule has 70 heavy (non-hydrogen) atoms. The number of nitrogens with one attached hydrogen (secondary N) is 3. The molecule has 4 heterocycles. The highest BCUT2D eigenvalue weighted by atomic mass is 35.5. The molecular weight excluding hydrogens is 936 g/mol. The van der Waals surface area contributed by atoms with E-state index in [1.807, 2.05) is 12.1 Å². The molecule has 0 unspecified atom stereocenters. The Morgan fingerprint density at radius 3 is 2.37 bits per heavy atom. The minimum atomic E-state index is -3.55. The SMILES string of the molecule is CCS(=O)(=O)Nc1ccc(Oc2cccc(OCCOCCOC3CCN(c4ncc(C(=O)NC5C(C)(C)C(Oc6ccc(C#N)c(Cl)c6)C5(C)C)cn4)CC3)c2)c(-c2cn(C)c(=O)c3[nH]ccc23)c1. The second-order valence-electron chi connectivity index (χ2n) is 18.6. The summed E-state index contributed by atoms with van der Waals surface area (Å²) in [6, 6.07) is 20.9. The molecule has 17 nitrogen and oxygen atoms in total. The molecular formula is C51H57ClN8O9S. The number of carbonyl (C=O) groups excluding carboxylic acids is 1. The summed E-state index contributed by atoms with van der Waals surface area (Å²) >= 11 is 6.25. The van der Waals surface area contributed by atoms with Crippen LogP contribution in [-0.4, -0.2) is 97.4 Å². The Morgan fingerprint density at radius 2 is 1.66 bits per heavy atom. The minimum Gasteiger partial charge on any atom is -0.491 e. The van der Waals surface area contributed by atoms with Crippen LogP contribution in [0.2, 0.25) is 5.02 Å². The van der Waals surface area contributed by atoms with Gasteiger partial charge < -0.3 is 43.5 Å². The van der Waals surface area contributed by atoms with E-state index in [0.29, 0.717) is 112 Å². The number of piperidine rings is 1. The number of ether oxygens (including phenoxy) is 5. The van der Waals surface area contributed by atoms with Gasteiger partial charge in [0.25, 0.3) is 11.5 Å². The second kappa shape index (κ2) is 20.7. The molecule has 3 aromatic heterocycles. The molecule has 368 valence electrons. The number of nitriles is 1. The van der Waals surface area contributed by atoms with Gasteiger partial charge >= 0.3 is 0 Å². The number of aromatic nitrogens is 4. The zero-order valence-electron chi connectivity index (χ0n) is 40.0. The normalized spacial score (nSPS) is 17.6. The van der Waals surface area contributed by atoms with Crippen LogP contribution in [0.3, 0.4) is 0 Å². The topological polar surface area (TPSA) is 212 Å². The maximum atomic E-state index is 13.4. The average Bonchev–Trinajstić information content (AvgIpc) is 3.85. The fourth-order valence-electron chi connectivity index (χ4n) is 9.61. The van der Waals surface area contributed by atoms with E-state index in [-0.39, 0.29) is 35.5 Å². The van der Waals surface area contributed by atoms with Crippen LogP contribution >= 0.6 is 11.6 Å². The summed E-state index contributed by atoms with van der Waals surface area (Å²) in [6.07, 6.45) is 7.96. The smallest absolute Gasteiger partial charge is 0.274 e. The molecule has 1 saturated carbocycles. The summed E-state index contributed by atoms with van der Waals surface area (Å²) < 4.78 is 59.6. The highest BCUT2D eigenvalue weighted by Crippen LogP contribution is 2.55. The third-order valence-electron chi connectivity index (χ3n) is 13.0. The van der Waals surface area contributed by atoms with E-state index in [1.165, 1.54) is 4.57 Å². The van der Waals surface area contributed by atoms with Crippen molar-refractivity contribution in [3.63, 3.8) is 0 Å². The number of anilines is 2. The van der Waals surface area contributed by atoms with Crippen LogP contribution in [0, 0.1) is 22.2 Å².